The Hall–Kier alpha value is -2.79. The Morgan fingerprint density at radius 1 is 1.34 bits per heavy atom. The van der Waals surface area contributed by atoms with Gasteiger partial charge >= 0.3 is 6.61 Å². The molecule has 1 aromatic rings. The van der Waals surface area contributed by atoms with Crippen molar-refractivity contribution >= 4 is 29.1 Å². The van der Waals surface area contributed by atoms with Gasteiger partial charge in [0.1, 0.15) is 6.61 Å². The lowest BCUT2D eigenvalue weighted by atomic mass is 10.1. The maximum absolute atomic E-state index is 13.0. The van der Waals surface area contributed by atoms with E-state index >= 15 is 0 Å². The second-order valence-corrected chi connectivity index (χ2v) is 8.27. The predicted octanol–water partition coefficient (Wildman–Crippen LogP) is 1.56. The van der Waals surface area contributed by atoms with E-state index in [1.54, 1.807) is 4.90 Å². The molecule has 0 bridgehead atoms. The lowest BCUT2D eigenvalue weighted by Crippen LogP contribution is -2.54. The molecule has 32 heavy (non-hydrogen) atoms. The molecule has 1 atom stereocenters. The highest BCUT2D eigenvalue weighted by Gasteiger charge is 2.40. The van der Waals surface area contributed by atoms with Crippen LogP contribution in [0.2, 0.25) is 0 Å². The minimum absolute atomic E-state index is 0.105. The molecule has 1 aromatic carbocycles. The Labute approximate surface area is 184 Å². The molecule has 1 aliphatic carbocycles. The maximum Gasteiger partial charge on any atom is 0.387 e. The van der Waals surface area contributed by atoms with E-state index in [9.17, 15) is 23.2 Å². The number of halogens is 2. The maximum atomic E-state index is 13.0. The number of carbonyl (C=O) groups excluding carboxylic acids is 3. The first-order valence-corrected chi connectivity index (χ1v) is 10.5. The Balaban J connectivity index is 1.84. The van der Waals surface area contributed by atoms with Crippen molar-refractivity contribution in [1.29, 1.82) is 0 Å². The molecular weight excluding hydrogens is 426 g/mol. The second-order valence-electron chi connectivity index (χ2n) is 8.27. The standard InChI is InChI=1S/C21H28F2N4O5/c1-12(2)10-27(14-4-5-14)18(19(24)29)20(30)25-13-3-6-15(16(9-13)32-21(22)23)26-7-8-31-11-17(26)28/h3,6,9,12,14,18,21H,4-5,7-8,10-11H2,1-2H3,(H2,24,29)(H,25,30)/t18-/m1/s1. The van der Waals surface area contributed by atoms with Gasteiger partial charge < -0.3 is 25.4 Å². The number of amides is 3. The third kappa shape index (κ3) is 5.92. The Morgan fingerprint density at radius 2 is 2.06 bits per heavy atom. The zero-order chi connectivity index (χ0) is 23.4. The van der Waals surface area contributed by atoms with Gasteiger partial charge in [0.05, 0.1) is 12.3 Å². The van der Waals surface area contributed by atoms with E-state index in [-0.39, 0.29) is 48.8 Å². The Morgan fingerprint density at radius 3 is 2.62 bits per heavy atom. The normalized spacial score (nSPS) is 17.7. The van der Waals surface area contributed by atoms with Gasteiger partial charge in [0.15, 0.2) is 11.8 Å². The number of benzene rings is 1. The van der Waals surface area contributed by atoms with E-state index in [2.05, 4.69) is 10.1 Å². The highest BCUT2D eigenvalue weighted by Crippen LogP contribution is 2.34. The summed E-state index contributed by atoms with van der Waals surface area (Å²) in [5.74, 6) is -1.89. The average molecular weight is 454 g/mol. The minimum atomic E-state index is -3.13. The van der Waals surface area contributed by atoms with Crippen LogP contribution in [0.5, 0.6) is 5.75 Å². The number of nitrogens with one attached hydrogen (secondary N) is 1. The molecule has 9 nitrogen and oxygen atoms in total. The zero-order valence-corrected chi connectivity index (χ0v) is 18.1. The molecule has 1 saturated carbocycles. The first kappa shape index (κ1) is 23.9. The van der Waals surface area contributed by atoms with Crippen LogP contribution in [0.3, 0.4) is 0 Å². The predicted molar refractivity (Wildman–Crippen MR) is 112 cm³/mol. The third-order valence-electron chi connectivity index (χ3n) is 5.16. The van der Waals surface area contributed by atoms with Crippen LogP contribution in [0.15, 0.2) is 18.2 Å². The van der Waals surface area contributed by atoms with Crippen LogP contribution in [0.25, 0.3) is 0 Å². The summed E-state index contributed by atoms with van der Waals surface area (Å²) < 4.78 is 35.7. The summed E-state index contributed by atoms with van der Waals surface area (Å²) in [4.78, 5) is 40.3. The number of rotatable bonds is 10. The van der Waals surface area contributed by atoms with Crippen LogP contribution in [0, 0.1) is 5.92 Å². The van der Waals surface area contributed by atoms with Gasteiger partial charge in [-0.25, -0.2) is 0 Å². The van der Waals surface area contributed by atoms with Crippen molar-refractivity contribution in [3.63, 3.8) is 0 Å². The van der Waals surface area contributed by atoms with Gasteiger partial charge in [-0.15, -0.1) is 0 Å². The molecule has 3 N–H and O–H groups in total. The van der Waals surface area contributed by atoms with Gasteiger partial charge in [-0.1, -0.05) is 13.8 Å². The molecule has 176 valence electrons. The molecule has 3 amide bonds. The van der Waals surface area contributed by atoms with Crippen LogP contribution in [-0.4, -0.2) is 67.6 Å². The molecule has 1 aliphatic heterocycles. The van der Waals surface area contributed by atoms with Crippen LogP contribution in [0.4, 0.5) is 20.2 Å². The Bertz CT molecular complexity index is 863. The summed E-state index contributed by atoms with van der Waals surface area (Å²) in [6, 6.07) is 2.97. The lowest BCUT2D eigenvalue weighted by molar-refractivity contribution is -0.133. The fourth-order valence-electron chi connectivity index (χ4n) is 3.72. The summed E-state index contributed by atoms with van der Waals surface area (Å²) >= 11 is 0. The molecule has 0 unspecified atom stereocenters. The highest BCUT2D eigenvalue weighted by atomic mass is 19.3. The summed E-state index contributed by atoms with van der Waals surface area (Å²) in [5, 5.41) is 2.58. The van der Waals surface area contributed by atoms with Gasteiger partial charge in [0.25, 0.3) is 11.8 Å². The van der Waals surface area contributed by atoms with Crippen molar-refractivity contribution in [2.24, 2.45) is 11.7 Å². The second kappa shape index (κ2) is 10.2. The largest absolute Gasteiger partial charge is 0.433 e. The van der Waals surface area contributed by atoms with Crippen molar-refractivity contribution < 1.29 is 32.6 Å². The Kier molecular flexibility index (Phi) is 7.62. The number of hydrogen-bond donors (Lipinski definition) is 2. The molecule has 2 aliphatic rings. The van der Waals surface area contributed by atoms with E-state index in [4.69, 9.17) is 10.5 Å². The van der Waals surface area contributed by atoms with Crippen LogP contribution >= 0.6 is 0 Å². The number of primary amides is 1. The number of alkyl halides is 2. The summed E-state index contributed by atoms with van der Waals surface area (Å²) in [7, 11) is 0. The van der Waals surface area contributed by atoms with Crippen LogP contribution < -0.4 is 20.7 Å². The molecule has 0 aromatic heterocycles. The monoisotopic (exact) mass is 454 g/mol. The summed E-state index contributed by atoms with van der Waals surface area (Å²) in [5.41, 5.74) is 5.83. The van der Waals surface area contributed by atoms with Crippen molar-refractivity contribution in [3.8, 4) is 5.75 Å². The van der Waals surface area contributed by atoms with E-state index in [1.807, 2.05) is 13.8 Å². The zero-order valence-electron chi connectivity index (χ0n) is 18.1. The molecule has 0 spiro atoms. The molecular formula is C21H28F2N4O5. The molecule has 0 radical (unpaired) electrons. The van der Waals surface area contributed by atoms with Crippen molar-refractivity contribution in [1.82, 2.24) is 4.90 Å². The quantitative estimate of drug-likeness (QED) is 0.519. The average Bonchev–Trinajstić information content (AvgIpc) is 3.52. The van der Waals surface area contributed by atoms with E-state index < -0.39 is 30.4 Å². The van der Waals surface area contributed by atoms with Crippen molar-refractivity contribution in [3.05, 3.63) is 18.2 Å². The fraction of sp³-hybridized carbons (Fsp3) is 0.571. The van der Waals surface area contributed by atoms with Crippen molar-refractivity contribution in [2.45, 2.75) is 45.4 Å². The van der Waals surface area contributed by atoms with Gasteiger partial charge in [0.2, 0.25) is 5.91 Å². The van der Waals surface area contributed by atoms with Gasteiger partial charge in [-0.2, -0.15) is 8.78 Å². The lowest BCUT2D eigenvalue weighted by Gasteiger charge is -2.30. The van der Waals surface area contributed by atoms with Crippen LogP contribution in [0.1, 0.15) is 26.7 Å². The van der Waals surface area contributed by atoms with Gasteiger partial charge in [-0.3, -0.25) is 19.3 Å². The first-order chi connectivity index (χ1) is 15.2. The number of hydrogen-bond acceptors (Lipinski definition) is 6. The summed E-state index contributed by atoms with van der Waals surface area (Å²) in [6.07, 6.45) is 1.75. The number of anilines is 2. The molecule has 1 heterocycles. The van der Waals surface area contributed by atoms with Crippen molar-refractivity contribution in [2.75, 3.05) is 36.5 Å². The first-order valence-electron chi connectivity index (χ1n) is 10.5. The SMILES string of the molecule is CC(C)CN(C1CC1)[C@H](C(N)=O)C(=O)Nc1ccc(N2CCOCC2=O)c(OC(F)F)c1. The highest BCUT2D eigenvalue weighted by molar-refractivity contribution is 6.10. The minimum Gasteiger partial charge on any atom is -0.433 e. The van der Waals surface area contributed by atoms with Gasteiger partial charge in [0, 0.05) is 30.9 Å². The number of nitrogens with two attached hydrogens (primary N) is 1. The number of carbonyl (C=O) groups is 3. The number of ether oxygens (including phenoxy) is 2. The fourth-order valence-corrected chi connectivity index (χ4v) is 3.72. The topological polar surface area (TPSA) is 114 Å². The molecule has 3 rings (SSSR count). The number of nitrogens with zero attached hydrogens (tertiary/aromatic N) is 2. The van der Waals surface area contributed by atoms with Crippen LogP contribution in [-0.2, 0) is 19.1 Å². The number of morpholine rings is 1. The van der Waals surface area contributed by atoms with Gasteiger partial charge in [-0.05, 0) is 30.9 Å². The third-order valence-corrected chi connectivity index (χ3v) is 5.16. The smallest absolute Gasteiger partial charge is 0.387 e. The van der Waals surface area contributed by atoms with E-state index in [0.29, 0.717) is 6.54 Å². The summed E-state index contributed by atoms with van der Waals surface area (Å²) in [6.45, 7) is 1.61. The molecule has 11 heteroatoms. The van der Waals surface area contributed by atoms with E-state index in [1.165, 1.54) is 23.1 Å². The molecule has 2 fully saturated rings. The van der Waals surface area contributed by atoms with E-state index in [0.717, 1.165) is 12.8 Å². The molecule has 1 saturated heterocycles.